The first-order valence-corrected chi connectivity index (χ1v) is 24.1. The first-order valence-electron chi connectivity index (χ1n) is 24.1. The summed E-state index contributed by atoms with van der Waals surface area (Å²) < 4.78 is 35.1. The molecule has 19 heteroatoms. The molecule has 65 heavy (non-hydrogen) atoms. The van der Waals surface area contributed by atoms with E-state index in [-0.39, 0.29) is 51.8 Å². The Balaban J connectivity index is 0.988. The molecule has 378 valence electrons. The van der Waals surface area contributed by atoms with Gasteiger partial charge in [-0.25, -0.2) is 0 Å². The lowest BCUT2D eigenvalue weighted by Crippen LogP contribution is -2.64. The lowest BCUT2D eigenvalue weighted by atomic mass is 9.38. The highest BCUT2D eigenvalue weighted by atomic mass is 16.7. The van der Waals surface area contributed by atoms with Crippen molar-refractivity contribution in [3.05, 3.63) is 0 Å². The second kappa shape index (κ2) is 19.8. The summed E-state index contributed by atoms with van der Waals surface area (Å²) in [5.41, 5.74) is -0.921. The average Bonchev–Trinajstić information content (AvgIpc) is 3.53. The molecule has 7 aliphatic rings. The van der Waals surface area contributed by atoms with Crippen LogP contribution in [0.4, 0.5) is 0 Å². The Hall–Kier alpha value is -0.760. The molecule has 0 spiro atoms. The minimum absolute atomic E-state index is 0.0768. The van der Waals surface area contributed by atoms with E-state index in [1.165, 1.54) is 0 Å². The maximum atomic E-state index is 12.2. The van der Waals surface area contributed by atoms with Crippen molar-refractivity contribution in [1.29, 1.82) is 0 Å². The quantitative estimate of drug-likeness (QED) is 0.0911. The normalized spacial score (nSPS) is 54.0. The van der Waals surface area contributed by atoms with Crippen LogP contribution in [0.15, 0.2) is 0 Å². The summed E-state index contributed by atoms with van der Waals surface area (Å²) in [4.78, 5) is 0. The van der Waals surface area contributed by atoms with Crippen LogP contribution in [0.5, 0.6) is 0 Å². The Labute approximate surface area is 381 Å². The monoisotopic (exact) mass is 937 g/mol. The van der Waals surface area contributed by atoms with Gasteiger partial charge in [0.1, 0.15) is 67.1 Å². The van der Waals surface area contributed by atoms with Gasteiger partial charge in [-0.1, -0.05) is 41.5 Å². The van der Waals surface area contributed by atoms with E-state index in [9.17, 15) is 66.4 Å². The summed E-state index contributed by atoms with van der Waals surface area (Å²) in [5.74, 6) is -0.370. The highest BCUT2D eigenvalue weighted by molar-refractivity contribution is 5.17. The van der Waals surface area contributed by atoms with Crippen LogP contribution in [0.25, 0.3) is 0 Å². The molecule has 3 saturated heterocycles. The Bertz CT molecular complexity index is 1580. The van der Waals surface area contributed by atoms with Gasteiger partial charge in [-0.2, -0.15) is 0 Å². The van der Waals surface area contributed by atoms with Crippen molar-refractivity contribution in [3.63, 3.8) is 0 Å². The van der Waals surface area contributed by atoms with Gasteiger partial charge in [-0.05, 0) is 110 Å². The van der Waals surface area contributed by atoms with E-state index in [4.69, 9.17) is 28.4 Å². The van der Waals surface area contributed by atoms with Crippen LogP contribution in [0.1, 0.15) is 99.8 Å². The molecule has 0 aromatic carbocycles. The lowest BCUT2D eigenvalue weighted by molar-refractivity contribution is -0.339. The topological polar surface area (TPSA) is 318 Å². The van der Waals surface area contributed by atoms with Gasteiger partial charge < -0.3 is 94.8 Å². The fraction of sp³-hybridized carbons (Fsp3) is 1.00. The van der Waals surface area contributed by atoms with Gasteiger partial charge >= 0.3 is 0 Å². The van der Waals surface area contributed by atoms with E-state index in [2.05, 4.69) is 27.7 Å². The van der Waals surface area contributed by atoms with Crippen LogP contribution >= 0.6 is 0 Å². The fourth-order valence-electron chi connectivity index (χ4n) is 14.6. The van der Waals surface area contributed by atoms with Crippen LogP contribution in [0, 0.1) is 51.8 Å². The maximum Gasteiger partial charge on any atom is 0.186 e. The molecule has 4 saturated carbocycles. The number of aliphatic hydroxyl groups is 13. The minimum atomic E-state index is -1.69. The van der Waals surface area contributed by atoms with E-state index in [0.717, 1.165) is 12.8 Å². The van der Waals surface area contributed by atoms with E-state index < -0.39 is 136 Å². The van der Waals surface area contributed by atoms with Crippen LogP contribution in [0.3, 0.4) is 0 Å². The Morgan fingerprint density at radius 1 is 0.615 bits per heavy atom. The summed E-state index contributed by atoms with van der Waals surface area (Å²) in [6, 6.07) is 0. The zero-order valence-electron chi connectivity index (χ0n) is 38.8. The number of ether oxygens (including phenoxy) is 6. The third kappa shape index (κ3) is 9.35. The van der Waals surface area contributed by atoms with E-state index in [1.54, 1.807) is 6.92 Å². The van der Waals surface area contributed by atoms with Crippen LogP contribution in [-0.2, 0) is 28.4 Å². The smallest absolute Gasteiger partial charge is 0.186 e. The van der Waals surface area contributed by atoms with Gasteiger partial charge in [0.15, 0.2) is 18.9 Å². The van der Waals surface area contributed by atoms with Gasteiger partial charge in [0.25, 0.3) is 0 Å². The van der Waals surface area contributed by atoms with Gasteiger partial charge in [0, 0.05) is 0 Å². The standard InChI is InChI=1S/C46H80O19/c1-18(2)40(65-42-38(58)34(54)31(51)20(4)61-42)24(49)12-19(3)30-23(48)14-29-45(30,6)11-9-28-44(5)10-8-21(13-22(44)25(50)15-46(28,29)7)62-43-39(59)36(56)33(53)27(64-43)17-60-41-37(57)35(55)32(52)26(16-47)63-41/h18-43,47-59H,8-17H2,1-7H3/t19-,20-,21+,22-,23+,24?,25-,26-,27-,28-,29-,30+,31+,32-,33-,34+,35+,36+,37-,38-,39-,40?,41-,42+,43-,44+,45+,46-/m1/s1. The van der Waals surface area contributed by atoms with Crippen LogP contribution in [-0.4, -0.2) is 202 Å². The van der Waals surface area contributed by atoms with Crippen LogP contribution in [0.2, 0.25) is 0 Å². The van der Waals surface area contributed by atoms with Crippen molar-refractivity contribution in [2.24, 2.45) is 51.8 Å². The van der Waals surface area contributed by atoms with Gasteiger partial charge in [0.05, 0.1) is 49.8 Å². The zero-order valence-corrected chi connectivity index (χ0v) is 38.8. The maximum absolute atomic E-state index is 12.2. The summed E-state index contributed by atoms with van der Waals surface area (Å²) in [6.07, 6.45) is -20.4. The molecule has 0 aromatic rings. The van der Waals surface area contributed by atoms with Crippen molar-refractivity contribution in [1.82, 2.24) is 0 Å². The molecule has 0 bridgehead atoms. The lowest BCUT2D eigenvalue weighted by Gasteiger charge is -2.67. The molecule has 28 atom stereocenters. The fourth-order valence-corrected chi connectivity index (χ4v) is 14.6. The number of hydrogen-bond donors (Lipinski definition) is 13. The SMILES string of the molecule is CC(C)C(O[C@@H]1O[C@H](C)[C@H](O)[C@H](O)[C@H]1O)C(O)C[C@@H](C)[C@H]1[C@@H](O)C[C@H]2[C@]3(C)C[C@@H](O)[C@H]4C[C@@H](O[C@@H]5O[C@H](CO[C@@H]6O[C@H](CO)[C@@H](O)[C@H](O)[C@H]6O)[C@@H](O)[C@H](O)[C@H]5O)CC[C@]4(C)[C@H]3CC[C@]12C. The highest BCUT2D eigenvalue weighted by Gasteiger charge is 2.69. The molecule has 7 fully saturated rings. The molecular weight excluding hydrogens is 856 g/mol. The second-order valence-corrected chi connectivity index (χ2v) is 22.3. The van der Waals surface area contributed by atoms with E-state index >= 15 is 0 Å². The zero-order chi connectivity index (χ0) is 47.8. The van der Waals surface area contributed by atoms with Crippen LogP contribution < -0.4 is 0 Å². The number of fused-ring (bicyclic) bond motifs is 5. The molecule has 19 nitrogen and oxygen atoms in total. The summed E-state index contributed by atoms with van der Waals surface area (Å²) in [7, 11) is 0. The molecule has 13 N–H and O–H groups in total. The Morgan fingerprint density at radius 2 is 1.20 bits per heavy atom. The van der Waals surface area contributed by atoms with Crippen molar-refractivity contribution in [2.45, 2.75) is 222 Å². The molecule has 0 amide bonds. The molecular formula is C46H80O19. The predicted molar refractivity (Wildman–Crippen MR) is 226 cm³/mol. The number of hydrogen-bond acceptors (Lipinski definition) is 19. The average molecular weight is 937 g/mol. The minimum Gasteiger partial charge on any atom is -0.394 e. The molecule has 3 aliphatic heterocycles. The largest absolute Gasteiger partial charge is 0.394 e. The molecule has 2 unspecified atom stereocenters. The number of rotatable bonds is 13. The summed E-state index contributed by atoms with van der Waals surface area (Å²) in [6.45, 7) is 13.1. The molecule has 7 rings (SSSR count). The molecule has 0 radical (unpaired) electrons. The third-order valence-electron chi connectivity index (χ3n) is 17.9. The Morgan fingerprint density at radius 3 is 1.85 bits per heavy atom. The molecule has 4 aliphatic carbocycles. The summed E-state index contributed by atoms with van der Waals surface area (Å²) in [5, 5.41) is 140. The van der Waals surface area contributed by atoms with Crippen molar-refractivity contribution >= 4 is 0 Å². The van der Waals surface area contributed by atoms with Gasteiger partial charge in [-0.15, -0.1) is 0 Å². The van der Waals surface area contributed by atoms with Gasteiger partial charge in [-0.3, -0.25) is 0 Å². The molecule has 3 heterocycles. The Kier molecular flexibility index (Phi) is 15.9. The predicted octanol–water partition coefficient (Wildman–Crippen LogP) is -1.76. The third-order valence-corrected chi connectivity index (χ3v) is 17.9. The molecule has 0 aromatic heterocycles. The van der Waals surface area contributed by atoms with E-state index in [0.29, 0.717) is 38.5 Å². The van der Waals surface area contributed by atoms with Crippen molar-refractivity contribution in [2.75, 3.05) is 13.2 Å². The number of aliphatic hydroxyl groups excluding tert-OH is 13. The summed E-state index contributed by atoms with van der Waals surface area (Å²) >= 11 is 0. The van der Waals surface area contributed by atoms with E-state index in [1.807, 2.05) is 13.8 Å². The van der Waals surface area contributed by atoms with Gasteiger partial charge in [0.2, 0.25) is 0 Å². The first-order chi connectivity index (χ1) is 30.4. The van der Waals surface area contributed by atoms with Crippen molar-refractivity contribution < 1.29 is 94.8 Å². The first kappa shape index (κ1) is 52.1. The second-order valence-electron chi connectivity index (χ2n) is 22.3. The highest BCUT2D eigenvalue weighted by Crippen LogP contribution is 2.73. The van der Waals surface area contributed by atoms with Crippen molar-refractivity contribution in [3.8, 4) is 0 Å².